The van der Waals surface area contributed by atoms with Gasteiger partial charge in [0, 0.05) is 19.1 Å². The molecule has 2 heteroatoms. The van der Waals surface area contributed by atoms with Gasteiger partial charge in [-0.05, 0) is 44.9 Å². The topological polar surface area (TPSA) is 35.2 Å². The molecule has 0 heterocycles. The van der Waals surface area contributed by atoms with E-state index in [1.165, 1.54) is 12.8 Å². The monoisotopic (exact) mass is 237 g/mol. The summed E-state index contributed by atoms with van der Waals surface area (Å²) in [7, 11) is 0. The molecule has 0 amide bonds. The quantitative estimate of drug-likeness (QED) is 0.763. The van der Waals surface area contributed by atoms with Gasteiger partial charge in [0.2, 0.25) is 0 Å². The Bertz CT molecular complexity index is 288. The van der Waals surface area contributed by atoms with Crippen LogP contribution in [0, 0.1) is 17.3 Å². The Morgan fingerprint density at radius 2 is 1.82 bits per heavy atom. The maximum absolute atomic E-state index is 6.32. The van der Waals surface area contributed by atoms with Crippen LogP contribution in [0.1, 0.15) is 59.8 Å². The molecule has 0 aliphatic heterocycles. The van der Waals surface area contributed by atoms with Crippen LogP contribution >= 0.6 is 0 Å². The molecular formula is C15H27NO. The largest absolute Gasteiger partial charge is 0.374 e. The first-order valence-electron chi connectivity index (χ1n) is 6.75. The third-order valence-corrected chi connectivity index (χ3v) is 4.06. The standard InChI is InChI=1S/C15H27NO/c1-5-7-8-13(16)15(17-6-2)11-9-14(3,4)10-12-15/h13H,6,8-12,16H2,1-4H3. The molecule has 0 aromatic heterocycles. The molecule has 1 saturated carbocycles. The second kappa shape index (κ2) is 5.89. The van der Waals surface area contributed by atoms with Crippen molar-refractivity contribution < 1.29 is 4.74 Å². The van der Waals surface area contributed by atoms with Gasteiger partial charge < -0.3 is 10.5 Å². The predicted octanol–water partition coefficient (Wildman–Crippen LogP) is 3.10. The molecule has 17 heavy (non-hydrogen) atoms. The Morgan fingerprint density at radius 1 is 1.24 bits per heavy atom. The summed E-state index contributed by atoms with van der Waals surface area (Å²) in [5, 5.41) is 0. The normalized spacial score (nSPS) is 23.6. The lowest BCUT2D eigenvalue weighted by atomic mass is 9.68. The van der Waals surface area contributed by atoms with E-state index in [1.54, 1.807) is 0 Å². The lowest BCUT2D eigenvalue weighted by molar-refractivity contribution is -0.0979. The van der Waals surface area contributed by atoms with E-state index in [4.69, 9.17) is 10.5 Å². The first kappa shape index (κ1) is 14.5. The summed E-state index contributed by atoms with van der Waals surface area (Å²) in [5.41, 5.74) is 6.63. The lowest BCUT2D eigenvalue weighted by Crippen LogP contribution is -2.53. The summed E-state index contributed by atoms with van der Waals surface area (Å²) in [6.45, 7) is 9.33. The van der Waals surface area contributed by atoms with Gasteiger partial charge in [0.1, 0.15) is 0 Å². The summed E-state index contributed by atoms with van der Waals surface area (Å²) in [5.74, 6) is 6.02. The second-order valence-electron chi connectivity index (χ2n) is 5.90. The minimum Gasteiger partial charge on any atom is -0.374 e. The first-order valence-corrected chi connectivity index (χ1v) is 6.75. The molecule has 1 atom stereocenters. The van der Waals surface area contributed by atoms with Gasteiger partial charge in [-0.25, -0.2) is 0 Å². The Morgan fingerprint density at radius 3 is 2.29 bits per heavy atom. The van der Waals surface area contributed by atoms with Crippen LogP contribution in [0.4, 0.5) is 0 Å². The molecular weight excluding hydrogens is 210 g/mol. The van der Waals surface area contributed by atoms with Crippen molar-refractivity contribution in [1.29, 1.82) is 0 Å². The van der Waals surface area contributed by atoms with E-state index in [1.807, 2.05) is 6.92 Å². The number of hydrogen-bond donors (Lipinski definition) is 1. The van der Waals surface area contributed by atoms with Crippen molar-refractivity contribution in [3.05, 3.63) is 0 Å². The summed E-state index contributed by atoms with van der Waals surface area (Å²) in [6, 6.07) is 0.0472. The maximum Gasteiger partial charge on any atom is 0.0842 e. The van der Waals surface area contributed by atoms with Crippen molar-refractivity contribution in [1.82, 2.24) is 0 Å². The number of hydrogen-bond acceptors (Lipinski definition) is 2. The number of nitrogens with two attached hydrogens (primary N) is 1. The average Bonchev–Trinajstić information content (AvgIpc) is 2.29. The van der Waals surface area contributed by atoms with Crippen molar-refractivity contribution >= 4 is 0 Å². The zero-order valence-electron chi connectivity index (χ0n) is 11.8. The highest BCUT2D eigenvalue weighted by Gasteiger charge is 2.42. The van der Waals surface area contributed by atoms with Gasteiger partial charge in [0.25, 0.3) is 0 Å². The van der Waals surface area contributed by atoms with Crippen LogP contribution in [0.25, 0.3) is 0 Å². The van der Waals surface area contributed by atoms with Crippen LogP contribution in [0.2, 0.25) is 0 Å². The summed E-state index contributed by atoms with van der Waals surface area (Å²) in [6.07, 6.45) is 5.28. The van der Waals surface area contributed by atoms with Gasteiger partial charge in [-0.15, -0.1) is 11.8 Å². The van der Waals surface area contributed by atoms with Crippen molar-refractivity contribution in [2.45, 2.75) is 71.4 Å². The summed E-state index contributed by atoms with van der Waals surface area (Å²) >= 11 is 0. The van der Waals surface area contributed by atoms with Gasteiger partial charge in [-0.1, -0.05) is 13.8 Å². The molecule has 0 aromatic carbocycles. The van der Waals surface area contributed by atoms with Gasteiger partial charge in [-0.3, -0.25) is 0 Å². The molecule has 1 fully saturated rings. The highest BCUT2D eigenvalue weighted by atomic mass is 16.5. The first-order chi connectivity index (χ1) is 7.96. The van der Waals surface area contributed by atoms with Crippen molar-refractivity contribution in [2.24, 2.45) is 11.1 Å². The van der Waals surface area contributed by atoms with Gasteiger partial charge >= 0.3 is 0 Å². The van der Waals surface area contributed by atoms with Crippen LogP contribution in [0.15, 0.2) is 0 Å². The fraction of sp³-hybridized carbons (Fsp3) is 0.867. The molecule has 1 rings (SSSR count). The fourth-order valence-electron chi connectivity index (χ4n) is 2.66. The lowest BCUT2D eigenvalue weighted by Gasteiger charge is -2.46. The molecule has 0 aromatic rings. The SMILES string of the molecule is CC#CCC(N)C1(OCC)CCC(C)(C)CC1. The highest BCUT2D eigenvalue weighted by molar-refractivity contribution is 5.05. The summed E-state index contributed by atoms with van der Waals surface area (Å²) in [4.78, 5) is 0. The molecule has 1 aliphatic carbocycles. The number of rotatable bonds is 4. The molecule has 0 bridgehead atoms. The van der Waals surface area contributed by atoms with E-state index in [2.05, 4.69) is 32.6 Å². The number of ether oxygens (including phenoxy) is 1. The Hall–Kier alpha value is -0.520. The minimum atomic E-state index is -0.131. The highest BCUT2D eigenvalue weighted by Crippen LogP contribution is 2.43. The van der Waals surface area contributed by atoms with E-state index >= 15 is 0 Å². The van der Waals surface area contributed by atoms with Crippen LogP contribution in [0.3, 0.4) is 0 Å². The zero-order valence-corrected chi connectivity index (χ0v) is 11.8. The third-order valence-electron chi connectivity index (χ3n) is 4.06. The van der Waals surface area contributed by atoms with E-state index in [-0.39, 0.29) is 11.6 Å². The fourth-order valence-corrected chi connectivity index (χ4v) is 2.66. The molecule has 2 N–H and O–H groups in total. The van der Waals surface area contributed by atoms with Crippen LogP contribution < -0.4 is 5.73 Å². The summed E-state index contributed by atoms with van der Waals surface area (Å²) < 4.78 is 6.03. The zero-order chi connectivity index (χ0) is 12.9. The van der Waals surface area contributed by atoms with Gasteiger partial charge in [0.15, 0.2) is 0 Å². The molecule has 98 valence electrons. The molecule has 2 nitrogen and oxygen atoms in total. The van der Waals surface area contributed by atoms with Gasteiger partial charge in [-0.2, -0.15) is 0 Å². The third kappa shape index (κ3) is 3.72. The van der Waals surface area contributed by atoms with Gasteiger partial charge in [0.05, 0.1) is 5.60 Å². The van der Waals surface area contributed by atoms with E-state index < -0.39 is 0 Å². The van der Waals surface area contributed by atoms with E-state index in [0.717, 1.165) is 25.9 Å². The molecule has 0 radical (unpaired) electrons. The van der Waals surface area contributed by atoms with E-state index in [9.17, 15) is 0 Å². The smallest absolute Gasteiger partial charge is 0.0842 e. The maximum atomic E-state index is 6.32. The van der Waals surface area contributed by atoms with Crippen molar-refractivity contribution in [3.8, 4) is 11.8 Å². The predicted molar refractivity (Wildman–Crippen MR) is 72.6 cm³/mol. The van der Waals surface area contributed by atoms with Crippen LogP contribution in [-0.2, 0) is 4.74 Å². The van der Waals surface area contributed by atoms with Crippen LogP contribution in [-0.4, -0.2) is 18.2 Å². The Labute approximate surface area is 106 Å². The molecule has 0 spiro atoms. The van der Waals surface area contributed by atoms with Crippen molar-refractivity contribution in [3.63, 3.8) is 0 Å². The second-order valence-corrected chi connectivity index (χ2v) is 5.90. The average molecular weight is 237 g/mol. The Kier molecular flexibility index (Phi) is 5.04. The molecule has 1 unspecified atom stereocenters. The molecule has 0 saturated heterocycles. The Balaban J connectivity index is 2.72. The van der Waals surface area contributed by atoms with Crippen LogP contribution in [0.5, 0.6) is 0 Å². The van der Waals surface area contributed by atoms with Crippen molar-refractivity contribution in [2.75, 3.05) is 6.61 Å². The minimum absolute atomic E-state index is 0.0472. The molecule has 1 aliphatic rings. The van der Waals surface area contributed by atoms with E-state index in [0.29, 0.717) is 5.41 Å².